The molecule has 5 atom stereocenters. The molecule has 0 saturated carbocycles. The molecule has 3 heterocycles. The van der Waals surface area contributed by atoms with Gasteiger partial charge in [0.1, 0.15) is 30.2 Å². The van der Waals surface area contributed by atoms with Crippen LogP contribution < -0.4 is 4.74 Å². The van der Waals surface area contributed by atoms with Crippen LogP contribution in [0.4, 0.5) is 0 Å². The van der Waals surface area contributed by atoms with Gasteiger partial charge in [-0.1, -0.05) is 31.9 Å². The van der Waals surface area contributed by atoms with Crippen molar-refractivity contribution in [3.8, 4) is 5.75 Å². The summed E-state index contributed by atoms with van der Waals surface area (Å²) in [6, 6.07) is 8.05. The molecule has 1 aromatic rings. The van der Waals surface area contributed by atoms with Gasteiger partial charge in [0.15, 0.2) is 17.9 Å². The Morgan fingerprint density at radius 2 is 1.71 bits per heavy atom. The molecule has 0 N–H and O–H groups in total. The SMILES string of the molecule is CCCCCOc1ccc(COC2C(C3COC(C)(C)O3)OC3OC(C)(C)OC32)cc1. The number of ether oxygens (including phenoxy) is 7. The molecule has 3 fully saturated rings. The summed E-state index contributed by atoms with van der Waals surface area (Å²) in [7, 11) is 0. The van der Waals surface area contributed by atoms with E-state index in [4.69, 9.17) is 33.2 Å². The van der Waals surface area contributed by atoms with Gasteiger partial charge in [-0.15, -0.1) is 0 Å². The molecule has 0 radical (unpaired) electrons. The van der Waals surface area contributed by atoms with Crippen LogP contribution in [-0.2, 0) is 35.0 Å². The molecule has 3 aliphatic heterocycles. The van der Waals surface area contributed by atoms with Gasteiger partial charge in [-0.25, -0.2) is 0 Å². The summed E-state index contributed by atoms with van der Waals surface area (Å²) in [6.45, 7) is 11.4. The van der Waals surface area contributed by atoms with Gasteiger partial charge in [-0.05, 0) is 51.8 Å². The lowest BCUT2D eigenvalue weighted by Crippen LogP contribution is -2.44. The van der Waals surface area contributed by atoms with E-state index in [2.05, 4.69) is 6.92 Å². The number of hydrogen-bond donors (Lipinski definition) is 0. The quantitative estimate of drug-likeness (QED) is 0.538. The van der Waals surface area contributed by atoms with E-state index in [0.29, 0.717) is 13.2 Å². The molecule has 0 amide bonds. The molecule has 0 bridgehead atoms. The lowest BCUT2D eigenvalue weighted by atomic mass is 10.1. The Kier molecular flexibility index (Phi) is 6.91. The summed E-state index contributed by atoms with van der Waals surface area (Å²) in [5.41, 5.74) is 1.06. The summed E-state index contributed by atoms with van der Waals surface area (Å²) in [6.07, 6.45) is 1.79. The van der Waals surface area contributed by atoms with E-state index in [0.717, 1.165) is 24.3 Å². The van der Waals surface area contributed by atoms with Crippen molar-refractivity contribution in [3.05, 3.63) is 29.8 Å². The minimum absolute atomic E-state index is 0.236. The predicted molar refractivity (Wildman–Crippen MR) is 114 cm³/mol. The number of benzene rings is 1. The third-order valence-electron chi connectivity index (χ3n) is 5.81. The van der Waals surface area contributed by atoms with Gasteiger partial charge >= 0.3 is 0 Å². The average molecular weight is 437 g/mol. The van der Waals surface area contributed by atoms with Gasteiger partial charge in [0.2, 0.25) is 0 Å². The maximum Gasteiger partial charge on any atom is 0.190 e. The third-order valence-corrected chi connectivity index (χ3v) is 5.81. The lowest BCUT2D eigenvalue weighted by molar-refractivity contribution is -0.236. The van der Waals surface area contributed by atoms with Gasteiger partial charge in [-0.3, -0.25) is 0 Å². The number of unbranched alkanes of at least 4 members (excludes halogenated alkanes) is 2. The second-order valence-corrected chi connectivity index (χ2v) is 9.41. The van der Waals surface area contributed by atoms with Crippen molar-refractivity contribution in [1.29, 1.82) is 0 Å². The summed E-state index contributed by atoms with van der Waals surface area (Å²) in [5, 5.41) is 0. The highest BCUT2D eigenvalue weighted by atomic mass is 16.8. The van der Waals surface area contributed by atoms with E-state index < -0.39 is 17.9 Å². The van der Waals surface area contributed by atoms with Crippen LogP contribution in [0.1, 0.15) is 59.4 Å². The fourth-order valence-electron chi connectivity index (χ4n) is 4.29. The molecule has 0 aliphatic carbocycles. The maximum atomic E-state index is 6.34. The fraction of sp³-hybridized carbons (Fsp3) is 0.750. The van der Waals surface area contributed by atoms with Crippen molar-refractivity contribution in [2.45, 2.75) is 103 Å². The molecular formula is C24H36O7. The molecule has 7 nitrogen and oxygen atoms in total. The Hall–Kier alpha value is -1.22. The highest BCUT2D eigenvalue weighted by Gasteiger charge is 2.58. The van der Waals surface area contributed by atoms with Crippen LogP contribution >= 0.6 is 0 Å². The average Bonchev–Trinajstić information content (AvgIpc) is 3.33. The molecule has 4 rings (SSSR count). The minimum atomic E-state index is -0.703. The zero-order valence-corrected chi connectivity index (χ0v) is 19.3. The Morgan fingerprint density at radius 3 is 2.39 bits per heavy atom. The molecule has 174 valence electrons. The molecule has 3 aliphatic rings. The van der Waals surface area contributed by atoms with Crippen molar-refractivity contribution in [3.63, 3.8) is 0 Å². The van der Waals surface area contributed by atoms with Crippen LogP contribution in [0.3, 0.4) is 0 Å². The molecule has 31 heavy (non-hydrogen) atoms. The second-order valence-electron chi connectivity index (χ2n) is 9.41. The van der Waals surface area contributed by atoms with Crippen molar-refractivity contribution in [2.75, 3.05) is 13.2 Å². The topological polar surface area (TPSA) is 64.6 Å². The smallest absolute Gasteiger partial charge is 0.190 e. The van der Waals surface area contributed by atoms with Crippen LogP contribution in [-0.4, -0.2) is 55.5 Å². The number of hydrogen-bond acceptors (Lipinski definition) is 7. The molecule has 1 aromatic carbocycles. The zero-order valence-electron chi connectivity index (χ0n) is 19.3. The first-order chi connectivity index (χ1) is 14.8. The van der Waals surface area contributed by atoms with Crippen LogP contribution in [0.25, 0.3) is 0 Å². The van der Waals surface area contributed by atoms with Crippen LogP contribution in [0.15, 0.2) is 24.3 Å². The van der Waals surface area contributed by atoms with Crippen LogP contribution in [0.5, 0.6) is 5.75 Å². The van der Waals surface area contributed by atoms with E-state index in [1.54, 1.807) is 0 Å². The molecule has 3 saturated heterocycles. The Morgan fingerprint density at radius 1 is 0.935 bits per heavy atom. The minimum Gasteiger partial charge on any atom is -0.494 e. The molecule has 0 aromatic heterocycles. The van der Waals surface area contributed by atoms with Gasteiger partial charge < -0.3 is 33.2 Å². The maximum absolute atomic E-state index is 6.34. The lowest BCUT2D eigenvalue weighted by Gasteiger charge is -2.29. The summed E-state index contributed by atoms with van der Waals surface area (Å²) >= 11 is 0. The Bertz CT molecular complexity index is 717. The predicted octanol–water partition coefficient (Wildman–Crippen LogP) is 4.17. The van der Waals surface area contributed by atoms with Crippen molar-refractivity contribution >= 4 is 0 Å². The first kappa shape index (κ1) is 23.0. The number of rotatable bonds is 9. The molecule has 7 heteroatoms. The summed E-state index contributed by atoms with van der Waals surface area (Å²) < 4.78 is 42.2. The zero-order chi connectivity index (χ0) is 22.1. The van der Waals surface area contributed by atoms with Gasteiger partial charge in [0.25, 0.3) is 0 Å². The van der Waals surface area contributed by atoms with Crippen LogP contribution in [0.2, 0.25) is 0 Å². The Balaban J connectivity index is 1.37. The first-order valence-corrected chi connectivity index (χ1v) is 11.4. The number of fused-ring (bicyclic) bond motifs is 1. The third kappa shape index (κ3) is 5.59. The summed E-state index contributed by atoms with van der Waals surface area (Å²) in [5.74, 6) is -0.454. The van der Waals surface area contributed by atoms with E-state index in [-0.39, 0.29) is 24.4 Å². The first-order valence-electron chi connectivity index (χ1n) is 11.4. The van der Waals surface area contributed by atoms with E-state index in [1.807, 2.05) is 52.0 Å². The molecular weight excluding hydrogens is 400 g/mol. The standard InChI is InChI=1S/C24H36O7/c1-6-7-8-13-25-17-11-9-16(10-12-17)14-26-20-19(18-15-27-23(2,3)29-18)28-22-21(20)30-24(4,5)31-22/h9-12,18-22H,6-8,13-15H2,1-5H3. The van der Waals surface area contributed by atoms with Crippen molar-refractivity contribution in [1.82, 2.24) is 0 Å². The molecule has 5 unspecified atom stereocenters. The normalized spacial score (nSPS) is 33.5. The van der Waals surface area contributed by atoms with E-state index in [1.165, 1.54) is 12.8 Å². The largest absolute Gasteiger partial charge is 0.494 e. The summed E-state index contributed by atoms with van der Waals surface area (Å²) in [4.78, 5) is 0. The van der Waals surface area contributed by atoms with Crippen LogP contribution in [0, 0.1) is 0 Å². The van der Waals surface area contributed by atoms with Crippen molar-refractivity contribution < 1.29 is 33.2 Å². The van der Waals surface area contributed by atoms with Gasteiger partial charge in [0.05, 0.1) is 19.8 Å². The highest BCUT2D eigenvalue weighted by Crippen LogP contribution is 2.42. The van der Waals surface area contributed by atoms with Gasteiger partial charge in [0, 0.05) is 0 Å². The Labute approximate surface area is 185 Å². The fourth-order valence-corrected chi connectivity index (χ4v) is 4.29. The second kappa shape index (κ2) is 9.33. The van der Waals surface area contributed by atoms with E-state index in [9.17, 15) is 0 Å². The molecule has 0 spiro atoms. The monoisotopic (exact) mass is 436 g/mol. The van der Waals surface area contributed by atoms with Crippen molar-refractivity contribution in [2.24, 2.45) is 0 Å². The van der Waals surface area contributed by atoms with E-state index >= 15 is 0 Å². The highest BCUT2D eigenvalue weighted by molar-refractivity contribution is 5.26. The van der Waals surface area contributed by atoms with Gasteiger partial charge in [-0.2, -0.15) is 0 Å².